The second-order valence-electron chi connectivity index (χ2n) is 0.797. The Bertz CT molecular complexity index is 48.8. The summed E-state index contributed by atoms with van der Waals surface area (Å²) in [5.74, 6) is 0. The summed E-state index contributed by atoms with van der Waals surface area (Å²) in [7, 11) is 0. The molecule has 1 atom stereocenters. The third-order valence-electron chi connectivity index (χ3n) is 0.254. The van der Waals surface area contributed by atoms with Crippen molar-refractivity contribution in [2.24, 2.45) is 0 Å². The molecule has 0 amide bonds. The van der Waals surface area contributed by atoms with Gasteiger partial charge >= 0.3 is 36.5 Å². The van der Waals surface area contributed by atoms with Crippen molar-refractivity contribution in [3.8, 4) is 0 Å². The average molecular weight is 186 g/mol. The van der Waals surface area contributed by atoms with E-state index in [1.807, 2.05) is 0 Å². The average Bonchev–Trinajstić information content (AvgIpc) is 1.76. The Morgan fingerprint density at radius 3 is 1.67 bits per heavy atom. The predicted molar refractivity (Wildman–Crippen MR) is 15.7 cm³/mol. The molecule has 0 bridgehead atoms. The molecule has 1 saturated heterocycles. The van der Waals surface area contributed by atoms with Gasteiger partial charge in [-0.2, -0.15) is 0 Å². The fourth-order valence-electron chi connectivity index (χ4n) is 0.0427. The number of hydrogen-bond donors (Lipinski definition) is 1. The molecule has 0 saturated carbocycles. The molecule has 1 heterocycles. The second kappa shape index (κ2) is 1.95. The third-order valence-corrected chi connectivity index (χ3v) is 0.658. The van der Waals surface area contributed by atoms with Gasteiger partial charge in [0.25, 0.3) is 0 Å². The van der Waals surface area contributed by atoms with Gasteiger partial charge in [-0.25, -0.2) is 0 Å². The summed E-state index contributed by atoms with van der Waals surface area (Å²) >= 11 is 1.01. The molecule has 1 N–H and O–H groups in total. The Morgan fingerprint density at radius 1 is 1.50 bits per heavy atom. The van der Waals surface area contributed by atoms with E-state index in [0.717, 1.165) is 16.9 Å². The van der Waals surface area contributed by atoms with Gasteiger partial charge < -0.3 is 0 Å². The van der Waals surface area contributed by atoms with Crippen LogP contribution in [0.1, 0.15) is 0 Å². The quantitative estimate of drug-likeness (QED) is 0.275. The molecular weight excluding hydrogens is 183 g/mol. The summed E-state index contributed by atoms with van der Waals surface area (Å²) in [5.41, 5.74) is 0. The Labute approximate surface area is 58.3 Å². The maximum atomic E-state index is 8.22. The first kappa shape index (κ1) is 7.15. The van der Waals surface area contributed by atoms with E-state index in [4.69, 9.17) is 5.11 Å². The summed E-state index contributed by atoms with van der Waals surface area (Å²) in [4.78, 5) is 7.96. The normalized spacial score (nSPS) is 25.0. The first-order valence-corrected chi connectivity index (χ1v) is 2.30. The summed E-state index contributed by atoms with van der Waals surface area (Å²) in [6.07, 6.45) is 0. The zero-order valence-electron chi connectivity index (χ0n) is 2.84. The van der Waals surface area contributed by atoms with Gasteiger partial charge in [-0.15, -0.1) is 0 Å². The molecule has 5 heteroatoms. The van der Waals surface area contributed by atoms with Crippen molar-refractivity contribution in [3.63, 3.8) is 0 Å². The molecule has 6 heavy (non-hydrogen) atoms. The van der Waals surface area contributed by atoms with E-state index in [2.05, 4.69) is 9.78 Å². The SMILES string of the molecule is OC1([AsH2])OO1.[Ti]. The molecule has 1 aliphatic heterocycles. The van der Waals surface area contributed by atoms with Gasteiger partial charge in [-0.05, 0) is 0 Å². The third kappa shape index (κ3) is 2.35. The number of hydrogen-bond acceptors (Lipinski definition) is 3. The first-order chi connectivity index (χ1) is 2.21. The van der Waals surface area contributed by atoms with E-state index in [0.29, 0.717) is 0 Å². The molecule has 1 fully saturated rings. The molecule has 0 spiro atoms. The molecule has 3 nitrogen and oxygen atoms in total. The fraction of sp³-hybridized carbons (Fsp3) is 1.00. The van der Waals surface area contributed by atoms with Crippen LogP contribution >= 0.6 is 0 Å². The first-order valence-electron chi connectivity index (χ1n) is 1.09. The number of rotatable bonds is 0. The van der Waals surface area contributed by atoms with Crippen molar-refractivity contribution >= 4 is 16.9 Å². The van der Waals surface area contributed by atoms with E-state index in [-0.39, 0.29) is 21.7 Å². The predicted octanol–water partition coefficient (Wildman–Crippen LogP) is -1.82. The van der Waals surface area contributed by atoms with Crippen LogP contribution < -0.4 is 0 Å². The molecule has 0 aromatic heterocycles. The molecule has 0 aromatic carbocycles. The number of aliphatic hydroxyl groups is 1. The minimum atomic E-state index is -1.19. The van der Waals surface area contributed by atoms with Crippen molar-refractivity contribution in [1.82, 2.24) is 0 Å². The Kier molecular flexibility index (Phi) is 2.32. The van der Waals surface area contributed by atoms with E-state index in [1.54, 1.807) is 0 Å². The fourth-order valence-corrected chi connectivity index (χ4v) is 0.144. The van der Waals surface area contributed by atoms with Crippen LogP contribution in [0, 0.1) is 0 Å². The van der Waals surface area contributed by atoms with Crippen LogP contribution in [0.4, 0.5) is 0 Å². The van der Waals surface area contributed by atoms with Crippen LogP contribution in [0.15, 0.2) is 0 Å². The monoisotopic (exact) mass is 186 g/mol. The van der Waals surface area contributed by atoms with Gasteiger partial charge in [0, 0.05) is 21.7 Å². The standard InChI is InChI=1S/CH3AsO3.Ti/c2-1(3)4-5-1;/h3H,2H2;. The largest absolute Gasteiger partial charge is 0 e. The summed E-state index contributed by atoms with van der Waals surface area (Å²) < 4.78 is -1.19. The van der Waals surface area contributed by atoms with Crippen LogP contribution in [0.25, 0.3) is 0 Å². The minimum Gasteiger partial charge on any atom is 0 e. The van der Waals surface area contributed by atoms with Crippen LogP contribution in [0.2, 0.25) is 0 Å². The zero-order chi connectivity index (χ0) is 3.91. The van der Waals surface area contributed by atoms with Gasteiger partial charge in [-0.1, -0.05) is 0 Å². The van der Waals surface area contributed by atoms with Gasteiger partial charge in [0.2, 0.25) is 0 Å². The van der Waals surface area contributed by atoms with E-state index in [9.17, 15) is 0 Å². The summed E-state index contributed by atoms with van der Waals surface area (Å²) in [6, 6.07) is 0. The second-order valence-corrected chi connectivity index (χ2v) is 2.33. The molecule has 0 aromatic rings. The molecule has 1 unspecified atom stereocenters. The van der Waals surface area contributed by atoms with Crippen molar-refractivity contribution in [2.75, 3.05) is 0 Å². The Hall–Kier alpha value is 1.15. The van der Waals surface area contributed by atoms with Crippen molar-refractivity contribution in [1.29, 1.82) is 0 Å². The summed E-state index contributed by atoms with van der Waals surface area (Å²) in [5, 5.41) is 8.22. The summed E-state index contributed by atoms with van der Waals surface area (Å²) in [6.45, 7) is 0. The van der Waals surface area contributed by atoms with E-state index in [1.165, 1.54) is 0 Å². The van der Waals surface area contributed by atoms with Crippen molar-refractivity contribution in [3.05, 3.63) is 0 Å². The topological polar surface area (TPSA) is 45.3 Å². The maximum absolute atomic E-state index is 8.22. The Morgan fingerprint density at radius 2 is 1.67 bits per heavy atom. The Balaban J connectivity index is 0.000000250. The van der Waals surface area contributed by atoms with Gasteiger partial charge in [-0.3, -0.25) is 0 Å². The van der Waals surface area contributed by atoms with Crippen LogP contribution in [0.5, 0.6) is 0 Å². The smallest absolute Gasteiger partial charge is 0 e. The molecule has 1 aliphatic rings. The van der Waals surface area contributed by atoms with Gasteiger partial charge in [0.1, 0.15) is 0 Å². The van der Waals surface area contributed by atoms with Crippen molar-refractivity contribution in [2.45, 2.75) is 4.76 Å². The molecular formula is CH3AsO3Ti. The van der Waals surface area contributed by atoms with Gasteiger partial charge in [0.05, 0.1) is 0 Å². The molecule has 1 rings (SSSR count). The molecule has 34 valence electrons. The molecule has 0 aliphatic carbocycles. The van der Waals surface area contributed by atoms with Gasteiger partial charge in [0.15, 0.2) is 0 Å². The van der Waals surface area contributed by atoms with E-state index >= 15 is 0 Å². The molecule has 0 radical (unpaired) electrons. The van der Waals surface area contributed by atoms with Crippen LogP contribution in [-0.4, -0.2) is 26.7 Å². The van der Waals surface area contributed by atoms with Crippen molar-refractivity contribution < 1.29 is 36.6 Å². The van der Waals surface area contributed by atoms with Crippen LogP contribution in [-0.2, 0) is 31.5 Å². The maximum Gasteiger partial charge on any atom is 0 e. The zero-order valence-corrected chi connectivity index (χ0v) is 6.83. The minimum absolute atomic E-state index is 0. The van der Waals surface area contributed by atoms with Crippen LogP contribution in [0.3, 0.4) is 0 Å². The van der Waals surface area contributed by atoms with E-state index < -0.39 is 4.76 Å².